The van der Waals surface area contributed by atoms with Gasteiger partial charge in [0.25, 0.3) is 0 Å². The fourth-order valence-electron chi connectivity index (χ4n) is 9.43. The van der Waals surface area contributed by atoms with E-state index in [2.05, 4.69) is 156 Å². The van der Waals surface area contributed by atoms with Gasteiger partial charge >= 0.3 is 0 Å². The smallest absolute Gasteiger partial charge is 0.118 e. The fraction of sp³-hybridized carbons (Fsp3) is 0. The van der Waals surface area contributed by atoms with Gasteiger partial charge in [-0.3, -0.25) is 9.97 Å². The molecule has 8 heterocycles. The number of hydrogen-bond donors (Lipinski definition) is 2. The zero-order valence-electron chi connectivity index (χ0n) is 34.2. The first-order valence-corrected chi connectivity index (χ1v) is 21.3. The first-order chi connectivity index (χ1) is 31.7. The van der Waals surface area contributed by atoms with E-state index in [1.807, 2.05) is 48.8 Å². The van der Waals surface area contributed by atoms with Crippen LogP contribution in [0.4, 0.5) is 0 Å². The molecule has 0 atom stereocenters. The predicted octanol–water partition coefficient (Wildman–Crippen LogP) is 13.5. The summed E-state index contributed by atoms with van der Waals surface area (Å²) in [6, 6.07) is 58.4. The molecule has 2 aliphatic heterocycles. The van der Waals surface area contributed by atoms with Crippen LogP contribution in [0.25, 0.3) is 134 Å². The summed E-state index contributed by atoms with van der Waals surface area (Å²) in [4.78, 5) is 39.9. The van der Waals surface area contributed by atoms with Crippen LogP contribution in [-0.2, 0) is 0 Å². The lowest BCUT2D eigenvalue weighted by atomic mass is 9.99. The number of nitrogens with zero attached hydrogens (tertiary/aromatic N) is 6. The van der Waals surface area contributed by atoms with Crippen LogP contribution in [-0.4, -0.2) is 39.9 Å². The molecule has 0 radical (unpaired) electrons. The van der Waals surface area contributed by atoms with E-state index in [1.165, 1.54) is 0 Å². The van der Waals surface area contributed by atoms with Crippen molar-refractivity contribution < 1.29 is 0 Å². The van der Waals surface area contributed by atoms with Crippen molar-refractivity contribution in [2.24, 2.45) is 0 Å². The van der Waals surface area contributed by atoms with Crippen molar-refractivity contribution in [1.29, 1.82) is 0 Å². The Morgan fingerprint density at radius 1 is 0.281 bits per heavy atom. The maximum Gasteiger partial charge on any atom is 0.118 e. The van der Waals surface area contributed by atoms with E-state index < -0.39 is 0 Å². The summed E-state index contributed by atoms with van der Waals surface area (Å²) in [5.74, 6) is 0. The molecule has 0 spiro atoms. The van der Waals surface area contributed by atoms with E-state index in [4.69, 9.17) is 29.9 Å². The Labute approximate surface area is 366 Å². The molecule has 6 aromatic heterocycles. The molecule has 0 saturated heterocycles. The highest BCUT2D eigenvalue weighted by molar-refractivity contribution is 6.21. The Balaban J connectivity index is 1.28. The largest absolute Gasteiger partial charge is 0.354 e. The van der Waals surface area contributed by atoms with E-state index in [0.717, 1.165) is 111 Å². The second kappa shape index (κ2) is 14.4. The van der Waals surface area contributed by atoms with Crippen LogP contribution in [0, 0.1) is 0 Å². The highest BCUT2D eigenvalue weighted by Gasteiger charge is 2.30. The predicted molar refractivity (Wildman–Crippen MR) is 260 cm³/mol. The van der Waals surface area contributed by atoms with Crippen molar-refractivity contribution in [1.82, 2.24) is 39.9 Å². The van der Waals surface area contributed by atoms with Crippen LogP contribution in [0.2, 0.25) is 0 Å². The number of rotatable bonds is 4. The molecule has 5 aromatic carbocycles. The van der Waals surface area contributed by atoms with Crippen molar-refractivity contribution in [2.75, 3.05) is 0 Å². The lowest BCUT2D eigenvalue weighted by molar-refractivity contribution is 1.32. The van der Waals surface area contributed by atoms with Crippen LogP contribution in [0.5, 0.6) is 0 Å². The molecule has 0 saturated carbocycles. The quantitative estimate of drug-likeness (QED) is 0.171. The zero-order valence-corrected chi connectivity index (χ0v) is 34.2. The number of H-pyrrole nitrogens is 2. The molecular formula is C56H34N8. The van der Waals surface area contributed by atoms with E-state index in [1.54, 1.807) is 0 Å². The minimum absolute atomic E-state index is 0.682. The summed E-state index contributed by atoms with van der Waals surface area (Å²) in [6.07, 6.45) is 7.87. The Hall–Kier alpha value is -8.88. The molecule has 298 valence electrons. The van der Waals surface area contributed by atoms with Crippen LogP contribution in [0.3, 0.4) is 0 Å². The molecule has 64 heavy (non-hydrogen) atoms. The fourth-order valence-corrected chi connectivity index (χ4v) is 9.43. The van der Waals surface area contributed by atoms with Gasteiger partial charge in [0.1, 0.15) is 22.8 Å². The van der Waals surface area contributed by atoms with E-state index in [9.17, 15) is 0 Å². The number of aromatic nitrogens is 8. The highest BCUT2D eigenvalue weighted by Crippen LogP contribution is 2.47. The normalized spacial score (nSPS) is 12.0. The summed E-state index contributed by atoms with van der Waals surface area (Å²) >= 11 is 0. The molecule has 2 N–H and O–H groups in total. The standard InChI is InChI=1S/C56H34N8/c1-5-15-33(16-6-1)45-39-25-26-40(59-39)46(34-17-7-2-8-18-34)42-28-30-44(61-42)48(36-21-11-4-12-22-36)54-56-55(53(64-54)47(35-19-9-3-10-20-35)43-29-27-41(45)60-43)62-51-37-23-13-31-57-49(37)50-38(52(51)63-56)24-14-32-58-50/h1-32,60-61H. The number of nitrogens with one attached hydrogen (secondary N) is 2. The van der Waals surface area contributed by atoms with E-state index in [0.29, 0.717) is 22.8 Å². The van der Waals surface area contributed by atoms with Gasteiger partial charge in [-0.25, -0.2) is 19.9 Å². The number of pyridine rings is 2. The molecule has 8 heteroatoms. The third kappa shape index (κ3) is 5.63. The molecule has 2 aliphatic rings. The SMILES string of the molecule is C1=Cc2nc1c(-c1ccccc1)c1ccc([nH]1)c(-c1ccccc1)c1nc(c(-c3ccccc3)c3ccc([nH]3)c2-c2ccccc2)-c2nc3c4cccnc4c4ncccc4c3nc2-1. The minimum atomic E-state index is 0.682. The number of hydrogen-bond acceptors (Lipinski definition) is 6. The Bertz CT molecular complexity index is 3630. The maximum atomic E-state index is 5.75. The van der Waals surface area contributed by atoms with Crippen molar-refractivity contribution in [3.05, 3.63) is 194 Å². The molecule has 11 aromatic rings. The van der Waals surface area contributed by atoms with Crippen molar-refractivity contribution in [3.63, 3.8) is 0 Å². The van der Waals surface area contributed by atoms with Crippen LogP contribution in [0.15, 0.2) is 182 Å². The van der Waals surface area contributed by atoms with Gasteiger partial charge in [0.2, 0.25) is 0 Å². The van der Waals surface area contributed by atoms with Crippen LogP contribution in [0.1, 0.15) is 11.4 Å². The molecule has 0 fully saturated rings. The summed E-state index contributed by atoms with van der Waals surface area (Å²) in [7, 11) is 0. The van der Waals surface area contributed by atoms with E-state index >= 15 is 0 Å². The van der Waals surface area contributed by atoms with Gasteiger partial charge in [0, 0.05) is 67.5 Å². The van der Waals surface area contributed by atoms with Crippen LogP contribution >= 0.6 is 0 Å². The minimum Gasteiger partial charge on any atom is -0.354 e. The monoisotopic (exact) mass is 818 g/mol. The lowest BCUT2D eigenvalue weighted by Crippen LogP contribution is -1.96. The highest BCUT2D eigenvalue weighted by atomic mass is 14.9. The molecule has 0 aliphatic carbocycles. The third-order valence-corrected chi connectivity index (χ3v) is 12.2. The first kappa shape index (κ1) is 35.8. The number of aromatic amines is 2. The van der Waals surface area contributed by atoms with Gasteiger partial charge in [0.05, 0.1) is 33.5 Å². The van der Waals surface area contributed by atoms with Gasteiger partial charge in [-0.2, -0.15) is 0 Å². The van der Waals surface area contributed by atoms with Crippen LogP contribution < -0.4 is 0 Å². The second-order valence-electron chi connectivity index (χ2n) is 16.0. The molecule has 8 bridgehead atoms. The van der Waals surface area contributed by atoms with Gasteiger partial charge in [-0.15, -0.1) is 0 Å². The van der Waals surface area contributed by atoms with Gasteiger partial charge in [-0.1, -0.05) is 121 Å². The summed E-state index contributed by atoms with van der Waals surface area (Å²) in [5.41, 5.74) is 19.0. The van der Waals surface area contributed by atoms with Crippen molar-refractivity contribution in [3.8, 4) is 67.3 Å². The summed E-state index contributed by atoms with van der Waals surface area (Å²) < 4.78 is 0. The summed E-state index contributed by atoms with van der Waals surface area (Å²) in [6.45, 7) is 0. The number of fused-ring (bicyclic) bond motifs is 17. The third-order valence-electron chi connectivity index (χ3n) is 12.2. The second-order valence-corrected chi connectivity index (χ2v) is 16.0. The Morgan fingerprint density at radius 2 is 0.641 bits per heavy atom. The topological polar surface area (TPSA) is 109 Å². The zero-order chi connectivity index (χ0) is 42.1. The Kier molecular flexibility index (Phi) is 8.04. The molecule has 13 rings (SSSR count). The Morgan fingerprint density at radius 3 is 1.03 bits per heavy atom. The van der Waals surface area contributed by atoms with Gasteiger partial charge in [0.15, 0.2) is 0 Å². The molecular weight excluding hydrogens is 785 g/mol. The molecule has 0 amide bonds. The molecule has 0 unspecified atom stereocenters. The van der Waals surface area contributed by atoms with Gasteiger partial charge in [-0.05, 0) is 82.9 Å². The summed E-state index contributed by atoms with van der Waals surface area (Å²) in [5, 5.41) is 1.75. The van der Waals surface area contributed by atoms with Crippen molar-refractivity contribution >= 4 is 67.1 Å². The lowest BCUT2D eigenvalue weighted by Gasteiger charge is -2.11. The average molecular weight is 819 g/mol. The average Bonchev–Trinajstić information content (AvgIpc) is 4.20. The van der Waals surface area contributed by atoms with Crippen molar-refractivity contribution in [2.45, 2.75) is 0 Å². The van der Waals surface area contributed by atoms with Gasteiger partial charge < -0.3 is 9.97 Å². The molecule has 8 nitrogen and oxygen atoms in total. The number of benzene rings is 5. The maximum absolute atomic E-state index is 5.75. The first-order valence-electron chi connectivity index (χ1n) is 21.3. The van der Waals surface area contributed by atoms with E-state index in [-0.39, 0.29) is 0 Å².